The van der Waals surface area contributed by atoms with Crippen molar-refractivity contribution >= 4 is 23.2 Å². The minimum absolute atomic E-state index is 0.00735. The Hall–Kier alpha value is -2.66. The molecule has 1 aliphatic heterocycles. The summed E-state index contributed by atoms with van der Waals surface area (Å²) in [6, 6.07) is 10.1. The first-order valence-corrected chi connectivity index (χ1v) is 10.7. The normalized spacial score (nSPS) is 15.1. The van der Waals surface area contributed by atoms with Crippen molar-refractivity contribution in [1.29, 1.82) is 0 Å². The molecule has 2 aromatic carbocycles. The number of carbonyl (C=O) groups excluding carboxylic acids is 2. The molecule has 0 saturated carbocycles. The highest BCUT2D eigenvalue weighted by atomic mass is 16.2. The number of benzene rings is 2. The van der Waals surface area contributed by atoms with E-state index < -0.39 is 0 Å². The van der Waals surface area contributed by atoms with E-state index in [-0.39, 0.29) is 17.7 Å². The molecule has 0 aromatic heterocycles. The molecule has 2 N–H and O–H groups in total. The summed E-state index contributed by atoms with van der Waals surface area (Å²) in [5, 5.41) is 6.12. The minimum atomic E-state index is -0.0100. The van der Waals surface area contributed by atoms with Gasteiger partial charge in [-0.1, -0.05) is 23.8 Å². The van der Waals surface area contributed by atoms with Crippen LogP contribution in [0.3, 0.4) is 0 Å². The average Bonchev–Trinajstić information content (AvgIpc) is 2.68. The fourth-order valence-corrected chi connectivity index (χ4v) is 4.18. The van der Waals surface area contributed by atoms with E-state index in [9.17, 15) is 9.59 Å². The Labute approximate surface area is 179 Å². The smallest absolute Gasteiger partial charge is 0.238 e. The average molecular weight is 408 g/mol. The standard InChI is InChI=1S/C25H33N3O2/c1-16-12-19(4)24(20(5)13-16)27-25(30)21-8-10-28(11-9-21)15-23(29)26-22-7-6-17(2)18(3)14-22/h6-7,12-14,21H,8-11,15H2,1-5H3,(H,26,29)(H,27,30). The number of amides is 2. The van der Waals surface area contributed by atoms with Crippen molar-refractivity contribution < 1.29 is 9.59 Å². The van der Waals surface area contributed by atoms with Gasteiger partial charge in [0, 0.05) is 17.3 Å². The maximum Gasteiger partial charge on any atom is 0.238 e. The highest BCUT2D eigenvalue weighted by Crippen LogP contribution is 2.25. The zero-order valence-electron chi connectivity index (χ0n) is 18.8. The fourth-order valence-electron chi connectivity index (χ4n) is 4.18. The van der Waals surface area contributed by atoms with Gasteiger partial charge in [-0.3, -0.25) is 14.5 Å². The van der Waals surface area contributed by atoms with Gasteiger partial charge in [-0.25, -0.2) is 0 Å². The second-order valence-corrected chi connectivity index (χ2v) is 8.66. The zero-order valence-corrected chi connectivity index (χ0v) is 18.8. The molecule has 2 amide bonds. The summed E-state index contributed by atoms with van der Waals surface area (Å²) in [4.78, 5) is 27.3. The first-order valence-electron chi connectivity index (χ1n) is 10.7. The first kappa shape index (κ1) is 22.0. The molecule has 5 nitrogen and oxygen atoms in total. The van der Waals surface area contributed by atoms with Gasteiger partial charge in [0.2, 0.25) is 11.8 Å². The molecule has 1 aliphatic rings. The molecule has 0 atom stereocenters. The van der Waals surface area contributed by atoms with Crippen molar-refractivity contribution in [2.24, 2.45) is 5.92 Å². The number of nitrogens with zero attached hydrogens (tertiary/aromatic N) is 1. The van der Waals surface area contributed by atoms with Gasteiger partial charge in [0.1, 0.15) is 0 Å². The van der Waals surface area contributed by atoms with E-state index in [0.29, 0.717) is 6.54 Å². The Kier molecular flexibility index (Phi) is 6.93. The third-order valence-corrected chi connectivity index (χ3v) is 6.04. The number of hydrogen-bond donors (Lipinski definition) is 2. The van der Waals surface area contributed by atoms with Crippen LogP contribution in [0.1, 0.15) is 40.7 Å². The van der Waals surface area contributed by atoms with E-state index in [1.165, 1.54) is 16.7 Å². The molecule has 2 aromatic rings. The summed E-state index contributed by atoms with van der Waals surface area (Å²) in [6.07, 6.45) is 1.54. The fraction of sp³-hybridized carbons (Fsp3) is 0.440. The molecule has 0 spiro atoms. The third kappa shape index (κ3) is 5.48. The summed E-state index contributed by atoms with van der Waals surface area (Å²) in [6.45, 7) is 12.1. The summed E-state index contributed by atoms with van der Waals surface area (Å²) in [7, 11) is 0. The Morgan fingerprint density at radius 3 is 2.10 bits per heavy atom. The molecule has 0 unspecified atom stereocenters. The van der Waals surface area contributed by atoms with Gasteiger partial charge in [0.25, 0.3) is 0 Å². The topological polar surface area (TPSA) is 61.4 Å². The van der Waals surface area contributed by atoms with Gasteiger partial charge in [-0.05, 0) is 94.9 Å². The van der Waals surface area contributed by atoms with Gasteiger partial charge in [-0.15, -0.1) is 0 Å². The number of anilines is 2. The van der Waals surface area contributed by atoms with Crippen LogP contribution in [0.25, 0.3) is 0 Å². The van der Waals surface area contributed by atoms with E-state index in [0.717, 1.165) is 48.4 Å². The van der Waals surface area contributed by atoms with Gasteiger partial charge >= 0.3 is 0 Å². The Morgan fingerprint density at radius 1 is 0.867 bits per heavy atom. The van der Waals surface area contributed by atoms with E-state index in [4.69, 9.17) is 0 Å². The summed E-state index contributed by atoms with van der Waals surface area (Å²) >= 11 is 0. The maximum absolute atomic E-state index is 12.8. The lowest BCUT2D eigenvalue weighted by Gasteiger charge is -2.31. The number of carbonyl (C=O) groups is 2. The van der Waals surface area contributed by atoms with Crippen molar-refractivity contribution in [1.82, 2.24) is 4.90 Å². The van der Waals surface area contributed by atoms with E-state index in [2.05, 4.69) is 41.5 Å². The maximum atomic E-state index is 12.8. The van der Waals surface area contributed by atoms with E-state index >= 15 is 0 Å². The summed E-state index contributed by atoms with van der Waals surface area (Å²) < 4.78 is 0. The second kappa shape index (κ2) is 9.43. The van der Waals surface area contributed by atoms with Crippen LogP contribution in [0, 0.1) is 40.5 Å². The molecular weight excluding hydrogens is 374 g/mol. The van der Waals surface area contributed by atoms with Gasteiger partial charge < -0.3 is 10.6 Å². The molecular formula is C25H33N3O2. The molecule has 1 fully saturated rings. The quantitative estimate of drug-likeness (QED) is 0.766. The van der Waals surface area contributed by atoms with Crippen molar-refractivity contribution in [2.75, 3.05) is 30.3 Å². The lowest BCUT2D eigenvalue weighted by Crippen LogP contribution is -2.41. The predicted octanol–water partition coefficient (Wildman–Crippen LogP) is 4.52. The predicted molar refractivity (Wildman–Crippen MR) is 123 cm³/mol. The van der Waals surface area contributed by atoms with Crippen LogP contribution in [0.15, 0.2) is 30.3 Å². The number of rotatable bonds is 5. The number of hydrogen-bond acceptors (Lipinski definition) is 3. The Bertz CT molecular complexity index is 920. The second-order valence-electron chi connectivity index (χ2n) is 8.66. The van der Waals surface area contributed by atoms with E-state index in [1.54, 1.807) is 0 Å². The third-order valence-electron chi connectivity index (χ3n) is 6.04. The SMILES string of the molecule is Cc1cc(C)c(NC(=O)C2CCN(CC(=O)Nc3ccc(C)c(C)c3)CC2)c(C)c1. The van der Waals surface area contributed by atoms with Crippen LogP contribution in [-0.2, 0) is 9.59 Å². The van der Waals surface area contributed by atoms with Crippen LogP contribution in [0.4, 0.5) is 11.4 Å². The molecule has 0 radical (unpaired) electrons. The summed E-state index contributed by atoms with van der Waals surface area (Å²) in [5.41, 5.74) is 7.54. The monoisotopic (exact) mass is 407 g/mol. The molecule has 160 valence electrons. The lowest BCUT2D eigenvalue weighted by atomic mass is 9.95. The Morgan fingerprint density at radius 2 is 1.50 bits per heavy atom. The van der Waals surface area contributed by atoms with Crippen molar-refractivity contribution in [2.45, 2.75) is 47.5 Å². The van der Waals surface area contributed by atoms with Crippen molar-refractivity contribution in [3.8, 4) is 0 Å². The highest BCUT2D eigenvalue weighted by molar-refractivity contribution is 5.94. The molecule has 1 heterocycles. The molecule has 5 heteroatoms. The largest absolute Gasteiger partial charge is 0.325 e. The highest BCUT2D eigenvalue weighted by Gasteiger charge is 2.26. The van der Waals surface area contributed by atoms with Crippen molar-refractivity contribution in [3.05, 3.63) is 58.1 Å². The van der Waals surface area contributed by atoms with Crippen LogP contribution in [0.2, 0.25) is 0 Å². The Balaban J connectivity index is 1.49. The lowest BCUT2D eigenvalue weighted by molar-refractivity contribution is -0.121. The molecule has 3 rings (SSSR count). The van der Waals surface area contributed by atoms with Gasteiger partial charge in [0.15, 0.2) is 0 Å². The number of nitrogens with one attached hydrogen (secondary N) is 2. The minimum Gasteiger partial charge on any atom is -0.325 e. The molecule has 0 aliphatic carbocycles. The number of aryl methyl sites for hydroxylation is 5. The van der Waals surface area contributed by atoms with Crippen LogP contribution in [-0.4, -0.2) is 36.3 Å². The molecule has 30 heavy (non-hydrogen) atoms. The van der Waals surface area contributed by atoms with E-state index in [1.807, 2.05) is 39.0 Å². The zero-order chi connectivity index (χ0) is 21.8. The van der Waals surface area contributed by atoms with Crippen LogP contribution >= 0.6 is 0 Å². The number of piperidine rings is 1. The van der Waals surface area contributed by atoms with Crippen molar-refractivity contribution in [3.63, 3.8) is 0 Å². The first-order chi connectivity index (χ1) is 14.2. The van der Waals surface area contributed by atoms with Crippen LogP contribution in [0.5, 0.6) is 0 Å². The number of likely N-dealkylation sites (tertiary alicyclic amines) is 1. The molecule has 0 bridgehead atoms. The molecule has 1 saturated heterocycles. The van der Waals surface area contributed by atoms with Gasteiger partial charge in [-0.2, -0.15) is 0 Å². The van der Waals surface area contributed by atoms with Gasteiger partial charge in [0.05, 0.1) is 6.54 Å². The van der Waals surface area contributed by atoms with Crippen LogP contribution < -0.4 is 10.6 Å². The summed E-state index contributed by atoms with van der Waals surface area (Å²) in [5.74, 6) is 0.0699.